The first-order valence-corrected chi connectivity index (χ1v) is 8.96. The van der Waals surface area contributed by atoms with Gasteiger partial charge < -0.3 is 0 Å². The van der Waals surface area contributed by atoms with Crippen molar-refractivity contribution < 1.29 is 9.25 Å². The van der Waals surface area contributed by atoms with Gasteiger partial charge in [0.1, 0.15) is 19.4 Å². The summed E-state index contributed by atoms with van der Waals surface area (Å²) in [5.41, 5.74) is 5.08. The molecule has 0 aliphatic carbocycles. The smallest absolute Gasteiger partial charge is 0.240 e. The molecule has 0 fully saturated rings. The van der Waals surface area contributed by atoms with Crippen molar-refractivity contribution >= 4 is 0 Å². The molecule has 0 saturated heterocycles. The van der Waals surface area contributed by atoms with Crippen LogP contribution in [0.2, 0.25) is 0 Å². The Bertz CT molecular complexity index is 844. The van der Waals surface area contributed by atoms with E-state index in [1.807, 2.05) is 18.8 Å². The van der Waals surface area contributed by atoms with Crippen LogP contribution in [0.1, 0.15) is 56.4 Å². The largest absolute Gasteiger partial charge is 0.243 e. The van der Waals surface area contributed by atoms with Crippen molar-refractivity contribution in [2.45, 2.75) is 46.1 Å². The summed E-state index contributed by atoms with van der Waals surface area (Å²) in [6.45, 7) is 9.78. The van der Waals surface area contributed by atoms with E-state index in [4.69, 9.17) is 5.21 Å². The molecule has 0 aliphatic rings. The summed E-state index contributed by atoms with van der Waals surface area (Å²) in [6, 6.07) is 6.61. The maximum atomic E-state index is 4.78. The van der Waals surface area contributed by atoms with Gasteiger partial charge in [-0.25, -0.2) is 9.13 Å². The van der Waals surface area contributed by atoms with Crippen LogP contribution in [0.4, 0.5) is 0 Å². The van der Waals surface area contributed by atoms with Gasteiger partial charge in [-0.1, -0.05) is 45.9 Å². The molecule has 5 nitrogen and oxygen atoms in total. The minimum absolute atomic E-state index is 0.454. The molecule has 2 heterocycles. The summed E-state index contributed by atoms with van der Waals surface area (Å²) in [5, 5.41) is 4.78. The fourth-order valence-electron chi connectivity index (χ4n) is 3.26. The highest BCUT2D eigenvalue weighted by Crippen LogP contribution is 2.27. The zero-order valence-electron chi connectivity index (χ0n) is 16.1. The van der Waals surface area contributed by atoms with E-state index in [2.05, 4.69) is 84.6 Å². The van der Waals surface area contributed by atoms with Crippen LogP contribution in [0.25, 0.3) is 5.69 Å². The highest BCUT2D eigenvalue weighted by atomic mass is 15.5. The Morgan fingerprint density at radius 2 is 1.72 bits per heavy atom. The van der Waals surface area contributed by atoms with Gasteiger partial charge in [0.2, 0.25) is 12.0 Å². The molecule has 0 radical (unpaired) electrons. The Hall–Kier alpha value is -2.43. The minimum Gasteiger partial charge on any atom is -0.240 e. The Morgan fingerprint density at radius 3 is 2.24 bits per heavy atom. The number of benzene rings is 1. The molecule has 5 heteroatoms. The summed E-state index contributed by atoms with van der Waals surface area (Å²) >= 11 is 0. The van der Waals surface area contributed by atoms with Crippen molar-refractivity contribution in [3.05, 3.63) is 59.9 Å². The molecule has 0 atom stereocenters. The number of hydrogen-bond donors (Lipinski definition) is 0. The van der Waals surface area contributed by atoms with Gasteiger partial charge >= 0.3 is 0 Å². The zero-order chi connectivity index (χ0) is 18.1. The second-order valence-electron chi connectivity index (χ2n) is 7.42. The number of imidazole rings is 1. The second kappa shape index (κ2) is 6.82. The third-order valence-electron chi connectivity index (χ3n) is 4.66. The van der Waals surface area contributed by atoms with Gasteiger partial charge in [0.15, 0.2) is 18.4 Å². The minimum atomic E-state index is 0.454. The van der Waals surface area contributed by atoms with Gasteiger partial charge in [0, 0.05) is 11.1 Å². The van der Waals surface area contributed by atoms with E-state index in [1.54, 1.807) is 0 Å². The normalized spacial score (nSPS) is 11.7. The molecular weight excluding hydrogens is 310 g/mol. The van der Waals surface area contributed by atoms with Gasteiger partial charge in [-0.05, 0) is 11.8 Å². The molecule has 3 aromatic rings. The Labute approximate surface area is 150 Å². The Morgan fingerprint density at radius 1 is 1.08 bits per heavy atom. The quantitative estimate of drug-likeness (QED) is 0.657. The van der Waals surface area contributed by atoms with Crippen molar-refractivity contribution in [1.82, 2.24) is 14.5 Å². The van der Waals surface area contributed by atoms with Crippen LogP contribution in [0.15, 0.2) is 43.1 Å². The van der Waals surface area contributed by atoms with E-state index >= 15 is 0 Å². The average molecular weight is 339 g/mol. The lowest BCUT2D eigenvalue weighted by Gasteiger charge is -2.15. The molecular formula is C20H29N5+2. The van der Waals surface area contributed by atoms with Crippen molar-refractivity contribution in [1.29, 1.82) is 0 Å². The topological polar surface area (TPSA) is 30.5 Å². The lowest BCUT2D eigenvalue weighted by molar-refractivity contribution is -0.671. The third kappa shape index (κ3) is 3.50. The number of nitrogens with zero attached hydrogens (tertiary/aromatic N) is 5. The molecule has 0 amide bonds. The number of aromatic nitrogens is 5. The first kappa shape index (κ1) is 17.4. The van der Waals surface area contributed by atoms with Crippen molar-refractivity contribution in [3.63, 3.8) is 0 Å². The molecule has 0 aliphatic heterocycles. The van der Waals surface area contributed by atoms with Crippen molar-refractivity contribution in [3.8, 4) is 5.69 Å². The van der Waals surface area contributed by atoms with Crippen LogP contribution >= 0.6 is 0 Å². The lowest BCUT2D eigenvalue weighted by Crippen LogP contribution is -2.36. The molecule has 2 aromatic heterocycles. The summed E-state index contributed by atoms with van der Waals surface area (Å²) < 4.78 is 8.25. The first-order chi connectivity index (χ1) is 11.9. The molecule has 132 valence electrons. The molecule has 0 saturated carbocycles. The average Bonchev–Trinajstić information content (AvgIpc) is 3.13. The number of para-hydroxylation sites is 1. The maximum Gasteiger partial charge on any atom is 0.243 e. The molecule has 25 heavy (non-hydrogen) atoms. The monoisotopic (exact) mass is 339 g/mol. The molecule has 0 spiro atoms. The second-order valence-corrected chi connectivity index (χ2v) is 7.42. The summed E-state index contributed by atoms with van der Waals surface area (Å²) in [7, 11) is 4.05. The first-order valence-electron chi connectivity index (χ1n) is 8.96. The maximum absolute atomic E-state index is 4.78. The van der Waals surface area contributed by atoms with Gasteiger partial charge in [-0.15, -0.1) is 9.36 Å². The highest BCUT2D eigenvalue weighted by Gasteiger charge is 2.24. The lowest BCUT2D eigenvalue weighted by atomic mass is 9.93. The standard InChI is InChI=1S/C20H29N5/c1-15(2)18-8-7-9-19(16(3)4)20(18)25-13-17(23(6)21-25)12-24-11-10-22(5)14-24/h7-11,13-16H,12H2,1-6H3/q+2. The fraction of sp³-hybridized carbons (Fsp3) is 0.450. The van der Waals surface area contributed by atoms with Crippen molar-refractivity contribution in [2.24, 2.45) is 14.1 Å². The summed E-state index contributed by atoms with van der Waals surface area (Å²) in [4.78, 5) is 0. The predicted octanol–water partition coefficient (Wildman–Crippen LogP) is 2.62. The van der Waals surface area contributed by atoms with E-state index in [0.717, 1.165) is 6.54 Å². The molecule has 1 aromatic carbocycles. The van der Waals surface area contributed by atoms with Crippen LogP contribution in [0, 0.1) is 0 Å². The van der Waals surface area contributed by atoms with E-state index in [-0.39, 0.29) is 0 Å². The van der Waals surface area contributed by atoms with Gasteiger partial charge in [0.05, 0.1) is 12.3 Å². The number of aryl methyl sites for hydroxylation is 2. The molecule has 0 bridgehead atoms. The number of hydrogen-bond acceptors (Lipinski definition) is 1. The van der Waals surface area contributed by atoms with Gasteiger partial charge in [0.25, 0.3) is 0 Å². The highest BCUT2D eigenvalue weighted by molar-refractivity contribution is 5.44. The molecule has 0 unspecified atom stereocenters. The van der Waals surface area contributed by atoms with E-state index < -0.39 is 0 Å². The van der Waals surface area contributed by atoms with Gasteiger partial charge in [-0.3, -0.25) is 0 Å². The summed E-state index contributed by atoms with van der Waals surface area (Å²) in [6.07, 6.45) is 8.38. The predicted molar refractivity (Wildman–Crippen MR) is 97.6 cm³/mol. The fourth-order valence-corrected chi connectivity index (χ4v) is 3.26. The van der Waals surface area contributed by atoms with E-state index in [1.165, 1.54) is 22.5 Å². The van der Waals surface area contributed by atoms with Crippen LogP contribution in [0.3, 0.4) is 0 Å². The number of rotatable bonds is 5. The third-order valence-corrected chi connectivity index (χ3v) is 4.66. The Kier molecular flexibility index (Phi) is 4.75. The van der Waals surface area contributed by atoms with Crippen LogP contribution in [-0.2, 0) is 20.6 Å². The van der Waals surface area contributed by atoms with Crippen LogP contribution in [-0.4, -0.2) is 14.5 Å². The van der Waals surface area contributed by atoms with E-state index in [9.17, 15) is 0 Å². The Balaban J connectivity index is 2.07. The van der Waals surface area contributed by atoms with E-state index in [0.29, 0.717) is 11.8 Å². The summed E-state index contributed by atoms with van der Waals surface area (Å²) in [5.74, 6) is 0.908. The SMILES string of the molecule is CC(C)c1cccc(C(C)C)c1-[n+]1cc(Cn2cc[n+](C)c2)n(C)n1. The van der Waals surface area contributed by atoms with Crippen molar-refractivity contribution in [2.75, 3.05) is 0 Å². The van der Waals surface area contributed by atoms with Crippen LogP contribution < -0.4 is 9.25 Å². The van der Waals surface area contributed by atoms with Gasteiger partial charge in [-0.2, -0.15) is 0 Å². The molecule has 3 rings (SSSR count). The van der Waals surface area contributed by atoms with Crippen LogP contribution in [0.5, 0.6) is 0 Å². The zero-order valence-corrected chi connectivity index (χ0v) is 16.1. The molecule has 0 N–H and O–H groups in total.